The third kappa shape index (κ3) is 5.81. The highest BCUT2D eigenvalue weighted by Crippen LogP contribution is 2.29. The molecule has 0 saturated carbocycles. The molecule has 4 nitrogen and oxygen atoms in total. The second kappa shape index (κ2) is 11.0. The Balaban J connectivity index is 1.75. The molecule has 1 atom stereocenters. The van der Waals surface area contributed by atoms with Crippen molar-refractivity contribution in [2.75, 3.05) is 19.6 Å². The number of hydrogen-bond donors (Lipinski definition) is 0. The molecule has 1 aliphatic rings. The Morgan fingerprint density at radius 3 is 2.58 bits per heavy atom. The van der Waals surface area contributed by atoms with Crippen LogP contribution in [0.3, 0.4) is 0 Å². The number of rotatable bonds is 8. The van der Waals surface area contributed by atoms with Gasteiger partial charge in [0.05, 0.1) is 16.1 Å². The van der Waals surface area contributed by atoms with E-state index < -0.39 is 0 Å². The molecule has 0 radical (unpaired) electrons. The number of unbranched alkanes of at least 4 members (excludes halogenated alkanes) is 3. The molecular formula is C25H30Cl2N2O2. The topological polar surface area (TPSA) is 40.6 Å². The Morgan fingerprint density at radius 2 is 1.84 bits per heavy atom. The first kappa shape index (κ1) is 23.6. The first-order valence-electron chi connectivity index (χ1n) is 11.0. The summed E-state index contributed by atoms with van der Waals surface area (Å²) in [5, 5.41) is 0.746. The van der Waals surface area contributed by atoms with Crippen LogP contribution in [0.2, 0.25) is 10.0 Å². The molecule has 1 aliphatic heterocycles. The maximum absolute atomic E-state index is 13.3. The number of nitrogens with zero attached hydrogens (tertiary/aromatic N) is 2. The van der Waals surface area contributed by atoms with E-state index in [9.17, 15) is 9.59 Å². The van der Waals surface area contributed by atoms with Crippen LogP contribution < -0.4 is 0 Å². The highest BCUT2D eigenvalue weighted by molar-refractivity contribution is 6.42. The van der Waals surface area contributed by atoms with Gasteiger partial charge in [-0.3, -0.25) is 9.59 Å². The third-order valence-corrected chi connectivity index (χ3v) is 6.72. The molecule has 0 aromatic heterocycles. The minimum atomic E-state index is -0.187. The Hall–Kier alpha value is -2.04. The summed E-state index contributed by atoms with van der Waals surface area (Å²) in [4.78, 5) is 30.0. The molecule has 2 amide bonds. The lowest BCUT2D eigenvalue weighted by atomic mass is 9.93. The largest absolute Gasteiger partial charge is 0.334 e. The third-order valence-electron chi connectivity index (χ3n) is 5.98. The molecule has 3 rings (SSSR count). The summed E-state index contributed by atoms with van der Waals surface area (Å²) in [6.45, 7) is 5.49. The van der Waals surface area contributed by atoms with Crippen LogP contribution in [0.15, 0.2) is 42.5 Å². The summed E-state index contributed by atoms with van der Waals surface area (Å²) in [6, 6.07) is 13.1. The van der Waals surface area contributed by atoms with Gasteiger partial charge in [-0.2, -0.15) is 0 Å². The highest BCUT2D eigenvalue weighted by atomic mass is 35.5. The maximum atomic E-state index is 13.3. The van der Waals surface area contributed by atoms with Crippen LogP contribution in [0.1, 0.15) is 67.1 Å². The lowest BCUT2D eigenvalue weighted by molar-refractivity contribution is -0.134. The van der Waals surface area contributed by atoms with Gasteiger partial charge in [-0.1, -0.05) is 73.7 Å². The molecule has 0 aliphatic carbocycles. The standard InChI is InChI=1S/C25H30Cl2N2O2/c1-3-4-5-8-14-28(25(31)20-11-12-22(26)23(27)16-20)17-24(30)29-15-13-19-9-6-7-10-21(19)18(29)2/h6-7,9-12,16,18H,3-5,8,13-15,17H2,1-2H3. The van der Waals surface area contributed by atoms with Crippen molar-refractivity contribution in [2.24, 2.45) is 0 Å². The zero-order valence-electron chi connectivity index (χ0n) is 18.2. The van der Waals surface area contributed by atoms with E-state index in [0.717, 1.165) is 32.1 Å². The molecule has 6 heteroatoms. The lowest BCUT2D eigenvalue weighted by Crippen LogP contribution is -2.46. The molecule has 166 valence electrons. The number of fused-ring (bicyclic) bond motifs is 1. The molecule has 0 bridgehead atoms. The predicted octanol–water partition coefficient (Wildman–Crippen LogP) is 6.16. The Kier molecular flexibility index (Phi) is 8.39. The summed E-state index contributed by atoms with van der Waals surface area (Å²) in [6.07, 6.45) is 4.96. The average Bonchev–Trinajstić information content (AvgIpc) is 2.77. The van der Waals surface area contributed by atoms with Crippen molar-refractivity contribution in [3.05, 3.63) is 69.2 Å². The monoisotopic (exact) mass is 460 g/mol. The van der Waals surface area contributed by atoms with Gasteiger partial charge in [0.25, 0.3) is 5.91 Å². The van der Waals surface area contributed by atoms with Gasteiger partial charge in [0.1, 0.15) is 6.54 Å². The van der Waals surface area contributed by atoms with Gasteiger partial charge >= 0.3 is 0 Å². The van der Waals surface area contributed by atoms with E-state index in [0.29, 0.717) is 28.7 Å². The summed E-state index contributed by atoms with van der Waals surface area (Å²) >= 11 is 12.1. The highest BCUT2D eigenvalue weighted by Gasteiger charge is 2.29. The van der Waals surface area contributed by atoms with Gasteiger partial charge in [-0.15, -0.1) is 0 Å². The lowest BCUT2D eigenvalue weighted by Gasteiger charge is -2.36. The van der Waals surface area contributed by atoms with E-state index in [4.69, 9.17) is 23.2 Å². The predicted molar refractivity (Wildman–Crippen MR) is 127 cm³/mol. The van der Waals surface area contributed by atoms with Crippen LogP contribution in [0.5, 0.6) is 0 Å². The number of hydrogen-bond acceptors (Lipinski definition) is 2. The van der Waals surface area contributed by atoms with Crippen LogP contribution in [0.4, 0.5) is 0 Å². The van der Waals surface area contributed by atoms with Gasteiger partial charge in [0.15, 0.2) is 0 Å². The van der Waals surface area contributed by atoms with E-state index in [1.807, 2.05) is 17.0 Å². The van der Waals surface area contributed by atoms with Gasteiger partial charge in [-0.25, -0.2) is 0 Å². The fourth-order valence-electron chi connectivity index (χ4n) is 4.16. The number of benzene rings is 2. The van der Waals surface area contributed by atoms with Crippen molar-refractivity contribution >= 4 is 35.0 Å². The van der Waals surface area contributed by atoms with Crippen LogP contribution in [0.25, 0.3) is 0 Å². The summed E-state index contributed by atoms with van der Waals surface area (Å²) in [5.74, 6) is -0.209. The molecule has 2 aromatic carbocycles. The molecule has 31 heavy (non-hydrogen) atoms. The number of halogens is 2. The molecule has 1 heterocycles. The van der Waals surface area contributed by atoms with Crippen LogP contribution in [-0.4, -0.2) is 41.2 Å². The van der Waals surface area contributed by atoms with Gasteiger partial charge < -0.3 is 9.80 Å². The second-order valence-corrected chi connectivity index (χ2v) is 8.94. The van der Waals surface area contributed by atoms with E-state index in [-0.39, 0.29) is 24.4 Å². The normalized spacial score (nSPS) is 15.5. The quantitative estimate of drug-likeness (QED) is 0.442. The number of carbonyl (C=O) groups excluding carboxylic acids is 2. The molecule has 1 unspecified atom stereocenters. The van der Waals surface area contributed by atoms with Crippen molar-refractivity contribution < 1.29 is 9.59 Å². The van der Waals surface area contributed by atoms with Crippen LogP contribution >= 0.6 is 23.2 Å². The van der Waals surface area contributed by atoms with Crippen molar-refractivity contribution in [3.8, 4) is 0 Å². The minimum Gasteiger partial charge on any atom is -0.334 e. The Labute approximate surface area is 195 Å². The molecule has 0 spiro atoms. The van der Waals surface area contributed by atoms with Crippen LogP contribution in [-0.2, 0) is 11.2 Å². The number of carbonyl (C=O) groups is 2. The van der Waals surface area contributed by atoms with E-state index in [1.54, 1.807) is 23.1 Å². The Morgan fingerprint density at radius 1 is 1.06 bits per heavy atom. The van der Waals surface area contributed by atoms with Crippen molar-refractivity contribution in [3.63, 3.8) is 0 Å². The first-order valence-corrected chi connectivity index (χ1v) is 11.8. The zero-order valence-corrected chi connectivity index (χ0v) is 19.8. The van der Waals surface area contributed by atoms with E-state index in [2.05, 4.69) is 26.0 Å². The second-order valence-electron chi connectivity index (χ2n) is 8.13. The number of amides is 2. The van der Waals surface area contributed by atoms with E-state index >= 15 is 0 Å². The molecule has 0 fully saturated rings. The summed E-state index contributed by atoms with van der Waals surface area (Å²) < 4.78 is 0. The van der Waals surface area contributed by atoms with Gasteiger partial charge in [-0.05, 0) is 49.1 Å². The zero-order chi connectivity index (χ0) is 22.4. The van der Waals surface area contributed by atoms with Crippen molar-refractivity contribution in [2.45, 2.75) is 52.0 Å². The van der Waals surface area contributed by atoms with Crippen molar-refractivity contribution in [1.82, 2.24) is 9.80 Å². The minimum absolute atomic E-state index is 0.000491. The smallest absolute Gasteiger partial charge is 0.254 e. The van der Waals surface area contributed by atoms with Crippen molar-refractivity contribution in [1.29, 1.82) is 0 Å². The first-order chi connectivity index (χ1) is 14.9. The molecule has 2 aromatic rings. The molecule has 0 N–H and O–H groups in total. The summed E-state index contributed by atoms with van der Waals surface area (Å²) in [5.41, 5.74) is 2.93. The molecule has 0 saturated heterocycles. The molecular weight excluding hydrogens is 431 g/mol. The van der Waals surface area contributed by atoms with E-state index in [1.165, 1.54) is 11.1 Å². The fourth-order valence-corrected chi connectivity index (χ4v) is 4.46. The Bertz CT molecular complexity index is 931. The fraction of sp³-hybridized carbons (Fsp3) is 0.440. The van der Waals surface area contributed by atoms with Crippen LogP contribution in [0, 0.1) is 0 Å². The maximum Gasteiger partial charge on any atom is 0.254 e. The SMILES string of the molecule is CCCCCCN(CC(=O)N1CCc2ccccc2C1C)C(=O)c1ccc(Cl)c(Cl)c1. The summed E-state index contributed by atoms with van der Waals surface area (Å²) in [7, 11) is 0. The van der Waals surface area contributed by atoms with Gasteiger partial charge in [0.2, 0.25) is 5.91 Å². The average molecular weight is 461 g/mol. The van der Waals surface area contributed by atoms with Gasteiger partial charge in [0, 0.05) is 18.7 Å².